The Kier molecular flexibility index (Phi) is 15.1. The molecule has 0 aliphatic rings. The second kappa shape index (κ2) is 20.2. The summed E-state index contributed by atoms with van der Waals surface area (Å²) in [4.78, 5) is 16.5. The van der Waals surface area contributed by atoms with Crippen LogP contribution in [0, 0.1) is 28.1 Å². The van der Waals surface area contributed by atoms with Gasteiger partial charge in [-0.2, -0.15) is 15.5 Å². The number of nitrogens with zero attached hydrogens (tertiary/aromatic N) is 3. The quantitative estimate of drug-likeness (QED) is 0.0589. The number of halogens is 3. The number of nitrogens with one attached hydrogen (secondary N) is 1. The number of aliphatic hydroxyl groups excluding tert-OH is 2. The van der Waals surface area contributed by atoms with Crippen molar-refractivity contribution in [3.63, 3.8) is 0 Å². The Bertz CT molecular complexity index is 2260. The van der Waals surface area contributed by atoms with Crippen molar-refractivity contribution >= 4 is 40.8 Å². The lowest BCUT2D eigenvalue weighted by Gasteiger charge is -2.22. The molecule has 0 unspecified atom stereocenters. The third kappa shape index (κ3) is 10.9. The number of carboxylic acid groups (broad SMARTS) is 1. The van der Waals surface area contributed by atoms with Gasteiger partial charge in [0.15, 0.2) is 0 Å². The number of hydrogen-bond donors (Lipinski definition) is 4. The number of benzene rings is 4. The van der Waals surface area contributed by atoms with Crippen molar-refractivity contribution in [2.75, 3.05) is 32.9 Å². The van der Waals surface area contributed by atoms with Gasteiger partial charge in [-0.15, -0.1) is 0 Å². The van der Waals surface area contributed by atoms with E-state index in [0.29, 0.717) is 63.3 Å². The Morgan fingerprint density at radius 1 is 0.789 bits per heavy atom. The zero-order valence-electron chi connectivity index (χ0n) is 30.9. The molecule has 57 heavy (non-hydrogen) atoms. The molecular formula is C43H39Cl3N4O7. The molecule has 11 nitrogen and oxygen atoms in total. The van der Waals surface area contributed by atoms with E-state index in [1.165, 1.54) is 13.0 Å². The van der Waals surface area contributed by atoms with E-state index in [-0.39, 0.29) is 60.6 Å². The molecule has 0 spiro atoms. The van der Waals surface area contributed by atoms with Crippen LogP contribution in [-0.2, 0) is 24.4 Å². The summed E-state index contributed by atoms with van der Waals surface area (Å²) in [6.45, 7) is 2.40. The van der Waals surface area contributed by atoms with Crippen LogP contribution in [0.1, 0.15) is 41.2 Å². The first kappa shape index (κ1) is 42.8. The molecule has 5 rings (SSSR count). The summed E-state index contributed by atoms with van der Waals surface area (Å²) in [5.74, 6) is -0.329. The molecular weight excluding hydrogens is 791 g/mol. The van der Waals surface area contributed by atoms with Gasteiger partial charge in [0.2, 0.25) is 11.8 Å². The maximum Gasteiger partial charge on any atom is 0.311 e. The number of pyridine rings is 1. The van der Waals surface area contributed by atoms with E-state index in [4.69, 9.17) is 54.1 Å². The Balaban J connectivity index is 1.37. The molecule has 0 radical (unpaired) electrons. The molecule has 5 aromatic rings. The number of hydrogen-bond acceptors (Lipinski definition) is 10. The van der Waals surface area contributed by atoms with Crippen molar-refractivity contribution in [2.24, 2.45) is 5.41 Å². The third-order valence-electron chi connectivity index (χ3n) is 9.15. The van der Waals surface area contributed by atoms with Crippen molar-refractivity contribution in [2.45, 2.75) is 33.0 Å². The van der Waals surface area contributed by atoms with Gasteiger partial charge in [-0.05, 0) is 67.3 Å². The number of carboxylic acids is 1. The highest BCUT2D eigenvalue weighted by Crippen LogP contribution is 2.41. The molecule has 1 heterocycles. The van der Waals surface area contributed by atoms with Gasteiger partial charge in [0.25, 0.3) is 0 Å². The minimum Gasteiger partial charge on any atom is -0.492 e. The van der Waals surface area contributed by atoms with Gasteiger partial charge in [-0.25, -0.2) is 0 Å². The first-order valence-corrected chi connectivity index (χ1v) is 19.0. The molecule has 0 amide bonds. The highest BCUT2D eigenvalue weighted by Gasteiger charge is 2.32. The smallest absolute Gasteiger partial charge is 0.311 e. The molecule has 294 valence electrons. The number of nitriles is 2. The summed E-state index contributed by atoms with van der Waals surface area (Å²) in [6, 6.07) is 29.1. The highest BCUT2D eigenvalue weighted by molar-refractivity contribution is 6.38. The maximum absolute atomic E-state index is 11.9. The van der Waals surface area contributed by atoms with Crippen LogP contribution < -0.4 is 19.5 Å². The normalized spacial score (nSPS) is 11.9. The van der Waals surface area contributed by atoms with Gasteiger partial charge in [0.05, 0.1) is 51.9 Å². The maximum atomic E-state index is 11.9. The summed E-state index contributed by atoms with van der Waals surface area (Å²) in [5.41, 5.74) is 3.85. The van der Waals surface area contributed by atoms with Gasteiger partial charge in [0, 0.05) is 40.9 Å². The predicted molar refractivity (Wildman–Crippen MR) is 218 cm³/mol. The van der Waals surface area contributed by atoms with Gasteiger partial charge >= 0.3 is 5.97 Å². The lowest BCUT2D eigenvalue weighted by molar-refractivity contribution is -0.150. The number of aryl methyl sites for hydroxylation is 1. The van der Waals surface area contributed by atoms with Gasteiger partial charge < -0.3 is 34.8 Å². The van der Waals surface area contributed by atoms with Crippen molar-refractivity contribution in [3.05, 3.63) is 128 Å². The number of aromatic nitrogens is 1. The SMILES string of the molecule is C[C@@](CO)(CCc1cc(Cl)c(OCc2cccc(-c3cccc(-c4ccc(OCCNCCO)cc4)c3Cl)c2Cl)nc1OCc1cc(C#N)cc(C#N)c1)C(=O)O. The van der Waals surface area contributed by atoms with Crippen LogP contribution >= 0.6 is 34.8 Å². The monoisotopic (exact) mass is 828 g/mol. The highest BCUT2D eigenvalue weighted by atomic mass is 35.5. The first-order valence-electron chi connectivity index (χ1n) is 17.8. The molecule has 14 heteroatoms. The van der Waals surface area contributed by atoms with Crippen LogP contribution in [0.25, 0.3) is 22.3 Å². The molecule has 0 saturated carbocycles. The van der Waals surface area contributed by atoms with E-state index in [2.05, 4.69) is 10.3 Å². The number of carbonyl (C=O) groups is 1. The Morgan fingerprint density at radius 3 is 2.09 bits per heavy atom. The van der Waals surface area contributed by atoms with Crippen LogP contribution in [0.15, 0.2) is 84.9 Å². The minimum absolute atomic E-state index is 0.0254. The fraction of sp³-hybridized carbons (Fsp3) is 0.256. The first-order chi connectivity index (χ1) is 27.5. The summed E-state index contributed by atoms with van der Waals surface area (Å²) in [6.07, 6.45) is 0.190. The van der Waals surface area contributed by atoms with Crippen LogP contribution in [0.4, 0.5) is 0 Å². The van der Waals surface area contributed by atoms with Gasteiger partial charge in [-0.1, -0.05) is 83.3 Å². The summed E-state index contributed by atoms with van der Waals surface area (Å²) in [7, 11) is 0. The lowest BCUT2D eigenvalue weighted by Crippen LogP contribution is -2.32. The number of ether oxygens (including phenoxy) is 3. The Hall–Kier alpha value is -5.37. The fourth-order valence-corrected chi connectivity index (χ4v) is 6.65. The molecule has 0 bridgehead atoms. The van der Waals surface area contributed by atoms with Crippen molar-refractivity contribution in [1.29, 1.82) is 10.5 Å². The molecule has 4 N–H and O–H groups in total. The van der Waals surface area contributed by atoms with E-state index in [1.54, 1.807) is 24.3 Å². The van der Waals surface area contributed by atoms with E-state index < -0.39 is 18.0 Å². The van der Waals surface area contributed by atoms with Crippen molar-refractivity contribution in [3.8, 4) is 51.9 Å². The molecule has 0 fully saturated rings. The molecule has 0 aliphatic heterocycles. The average Bonchev–Trinajstić information content (AvgIpc) is 3.22. The largest absolute Gasteiger partial charge is 0.492 e. The minimum atomic E-state index is -1.43. The second-order valence-electron chi connectivity index (χ2n) is 13.3. The third-order valence-corrected chi connectivity index (χ3v) is 10.3. The van der Waals surface area contributed by atoms with Crippen LogP contribution in [0.3, 0.4) is 0 Å². The second-order valence-corrected chi connectivity index (χ2v) is 14.4. The molecule has 0 saturated heterocycles. The fourth-order valence-electron chi connectivity index (χ4n) is 5.80. The zero-order valence-corrected chi connectivity index (χ0v) is 33.2. The number of aliphatic hydroxyl groups is 2. The zero-order chi connectivity index (χ0) is 41.0. The summed E-state index contributed by atoms with van der Waals surface area (Å²) in [5, 5.41) is 51.4. The van der Waals surface area contributed by atoms with Crippen LogP contribution in [0.5, 0.6) is 17.5 Å². The Labute approximate surface area is 345 Å². The van der Waals surface area contributed by atoms with Crippen LogP contribution in [0.2, 0.25) is 15.1 Å². The molecule has 1 aromatic heterocycles. The number of aliphatic carboxylic acids is 1. The van der Waals surface area contributed by atoms with E-state index in [1.807, 2.05) is 66.7 Å². The lowest BCUT2D eigenvalue weighted by atomic mass is 9.85. The standard InChI is InChI=1S/C43H39Cl3N4O7/c1-43(26-52,42(53)54)13-12-31-21-37(44)41(50-40(31)56-24-29-19-27(22-47)18-28(20-29)23-48)57-25-32-4-2-6-35(38(32)45)36-7-3-5-34(39(36)46)30-8-10-33(11-9-30)55-17-15-49-14-16-51/h2-11,18-21,49,51-52H,12-17,24-26H2,1H3,(H,53,54)/t43-/m0/s1. The van der Waals surface area contributed by atoms with Crippen molar-refractivity contribution < 1.29 is 34.3 Å². The van der Waals surface area contributed by atoms with Gasteiger partial charge in [-0.3, -0.25) is 4.79 Å². The van der Waals surface area contributed by atoms with E-state index >= 15 is 0 Å². The molecule has 1 atom stereocenters. The topological polar surface area (TPSA) is 178 Å². The molecule has 0 aliphatic carbocycles. The summed E-state index contributed by atoms with van der Waals surface area (Å²) < 4.78 is 18.0. The average molecular weight is 830 g/mol. The van der Waals surface area contributed by atoms with Crippen molar-refractivity contribution in [1.82, 2.24) is 10.3 Å². The van der Waals surface area contributed by atoms with E-state index in [9.17, 15) is 25.5 Å². The Morgan fingerprint density at radius 2 is 1.44 bits per heavy atom. The molecule has 4 aromatic carbocycles. The summed E-state index contributed by atoms with van der Waals surface area (Å²) >= 11 is 20.7. The van der Waals surface area contributed by atoms with E-state index in [0.717, 1.165) is 11.1 Å². The van der Waals surface area contributed by atoms with Gasteiger partial charge in [0.1, 0.15) is 30.6 Å². The number of rotatable bonds is 19. The van der Waals surface area contributed by atoms with Crippen LogP contribution in [-0.4, -0.2) is 59.2 Å². The predicted octanol–water partition coefficient (Wildman–Crippen LogP) is 8.25.